The van der Waals surface area contributed by atoms with Gasteiger partial charge in [0.2, 0.25) is 0 Å². The number of aliphatic imine (C=N–C) groups is 1. The molecule has 1 aliphatic rings. The number of rotatable bonds is 4. The Bertz CT molecular complexity index is 458. The maximum Gasteiger partial charge on any atom is 0.196 e. The molecular weight excluding hydrogens is 226 g/mol. The zero-order valence-corrected chi connectivity index (χ0v) is 11.3. The van der Waals surface area contributed by atoms with Gasteiger partial charge in [-0.2, -0.15) is 0 Å². The van der Waals surface area contributed by atoms with E-state index in [0.717, 1.165) is 18.7 Å². The van der Waals surface area contributed by atoms with Crippen molar-refractivity contribution >= 4 is 11.6 Å². The van der Waals surface area contributed by atoms with Crippen LogP contribution in [0.2, 0.25) is 0 Å². The van der Waals surface area contributed by atoms with Crippen LogP contribution in [0.4, 0.5) is 5.69 Å². The van der Waals surface area contributed by atoms with Crippen LogP contribution in [0, 0.1) is 6.92 Å². The SMILES string of the molecule is COCCC1(C)CN=C(N)N1c1cccc(C)c1. The van der Waals surface area contributed by atoms with Crippen molar-refractivity contribution in [3.63, 3.8) is 0 Å². The predicted molar refractivity (Wildman–Crippen MR) is 75.0 cm³/mol. The molecule has 0 fully saturated rings. The molecule has 1 aromatic rings. The van der Waals surface area contributed by atoms with E-state index in [9.17, 15) is 0 Å². The zero-order valence-electron chi connectivity index (χ0n) is 11.3. The average molecular weight is 247 g/mol. The fourth-order valence-corrected chi connectivity index (χ4v) is 2.39. The molecule has 18 heavy (non-hydrogen) atoms. The molecule has 0 bridgehead atoms. The highest BCUT2D eigenvalue weighted by molar-refractivity contribution is 5.98. The van der Waals surface area contributed by atoms with E-state index in [4.69, 9.17) is 10.5 Å². The van der Waals surface area contributed by atoms with Crippen LogP contribution in [-0.4, -0.2) is 31.8 Å². The van der Waals surface area contributed by atoms with Crippen LogP contribution < -0.4 is 10.6 Å². The average Bonchev–Trinajstić information content (AvgIpc) is 2.63. The first-order valence-corrected chi connectivity index (χ1v) is 6.22. The van der Waals surface area contributed by atoms with Gasteiger partial charge < -0.3 is 15.4 Å². The molecule has 1 atom stereocenters. The molecule has 1 heterocycles. The minimum atomic E-state index is -0.0894. The summed E-state index contributed by atoms with van der Waals surface area (Å²) in [6, 6.07) is 8.34. The summed E-state index contributed by atoms with van der Waals surface area (Å²) < 4.78 is 5.19. The van der Waals surface area contributed by atoms with Gasteiger partial charge in [-0.25, -0.2) is 0 Å². The molecule has 1 aromatic carbocycles. The summed E-state index contributed by atoms with van der Waals surface area (Å²) in [5, 5.41) is 0. The molecule has 4 nitrogen and oxygen atoms in total. The van der Waals surface area contributed by atoms with Gasteiger partial charge in [-0.05, 0) is 38.0 Å². The number of nitrogens with zero attached hydrogens (tertiary/aromatic N) is 2. The van der Waals surface area contributed by atoms with Gasteiger partial charge in [-0.3, -0.25) is 4.99 Å². The molecule has 2 N–H and O–H groups in total. The Kier molecular flexibility index (Phi) is 3.57. The first-order chi connectivity index (χ1) is 8.57. The predicted octanol–water partition coefficient (Wildman–Crippen LogP) is 1.92. The van der Waals surface area contributed by atoms with Gasteiger partial charge in [0.1, 0.15) is 0 Å². The summed E-state index contributed by atoms with van der Waals surface area (Å²) in [4.78, 5) is 6.52. The Hall–Kier alpha value is -1.55. The fourth-order valence-electron chi connectivity index (χ4n) is 2.39. The molecule has 0 radical (unpaired) electrons. The lowest BCUT2D eigenvalue weighted by Crippen LogP contribution is -2.50. The minimum absolute atomic E-state index is 0.0894. The lowest BCUT2D eigenvalue weighted by Gasteiger charge is -2.36. The van der Waals surface area contributed by atoms with Crippen molar-refractivity contribution in [3.8, 4) is 0 Å². The summed E-state index contributed by atoms with van der Waals surface area (Å²) in [7, 11) is 1.72. The molecule has 1 unspecified atom stereocenters. The van der Waals surface area contributed by atoms with Crippen molar-refractivity contribution in [3.05, 3.63) is 29.8 Å². The molecule has 0 spiro atoms. The monoisotopic (exact) mass is 247 g/mol. The van der Waals surface area contributed by atoms with Crippen LogP contribution in [0.1, 0.15) is 18.9 Å². The molecule has 0 saturated carbocycles. The van der Waals surface area contributed by atoms with E-state index in [2.05, 4.69) is 41.9 Å². The van der Waals surface area contributed by atoms with Gasteiger partial charge in [0.25, 0.3) is 0 Å². The van der Waals surface area contributed by atoms with Crippen molar-refractivity contribution in [2.24, 2.45) is 10.7 Å². The number of guanidine groups is 1. The third kappa shape index (κ3) is 2.34. The highest BCUT2D eigenvalue weighted by Gasteiger charge is 2.38. The van der Waals surface area contributed by atoms with E-state index >= 15 is 0 Å². The quantitative estimate of drug-likeness (QED) is 0.884. The van der Waals surface area contributed by atoms with Gasteiger partial charge in [0.15, 0.2) is 5.96 Å². The Morgan fingerprint density at radius 1 is 1.50 bits per heavy atom. The van der Waals surface area contributed by atoms with E-state index < -0.39 is 0 Å². The van der Waals surface area contributed by atoms with Crippen LogP contribution in [-0.2, 0) is 4.74 Å². The molecule has 0 amide bonds. The zero-order chi connectivity index (χ0) is 13.2. The molecular formula is C14H21N3O. The van der Waals surface area contributed by atoms with Crippen molar-refractivity contribution in [1.82, 2.24) is 0 Å². The normalized spacial score (nSPS) is 23.3. The number of benzene rings is 1. The molecule has 0 aliphatic carbocycles. The number of aryl methyl sites for hydroxylation is 1. The Morgan fingerprint density at radius 2 is 2.28 bits per heavy atom. The minimum Gasteiger partial charge on any atom is -0.385 e. The van der Waals surface area contributed by atoms with Crippen LogP contribution >= 0.6 is 0 Å². The summed E-state index contributed by atoms with van der Waals surface area (Å²) in [5.74, 6) is 0.596. The number of methoxy groups -OCH3 is 1. The Balaban J connectivity index is 2.30. The van der Waals surface area contributed by atoms with Crippen molar-refractivity contribution in [2.75, 3.05) is 25.2 Å². The van der Waals surface area contributed by atoms with Crippen LogP contribution in [0.3, 0.4) is 0 Å². The second kappa shape index (κ2) is 4.98. The van der Waals surface area contributed by atoms with E-state index in [1.54, 1.807) is 7.11 Å². The van der Waals surface area contributed by atoms with Crippen molar-refractivity contribution in [1.29, 1.82) is 0 Å². The van der Waals surface area contributed by atoms with Crippen LogP contribution in [0.5, 0.6) is 0 Å². The highest BCUT2D eigenvalue weighted by Crippen LogP contribution is 2.31. The summed E-state index contributed by atoms with van der Waals surface area (Å²) in [6.45, 7) is 5.69. The number of hydrogen-bond acceptors (Lipinski definition) is 4. The van der Waals surface area contributed by atoms with E-state index in [-0.39, 0.29) is 5.54 Å². The van der Waals surface area contributed by atoms with E-state index in [0.29, 0.717) is 12.6 Å². The standard InChI is InChI=1S/C14H21N3O/c1-11-5-4-6-12(9-11)17-13(15)16-10-14(17,2)7-8-18-3/h4-6,9H,7-8,10H2,1-3H3,(H2,15,16). The molecule has 1 aliphatic heterocycles. The van der Waals surface area contributed by atoms with Gasteiger partial charge in [-0.1, -0.05) is 12.1 Å². The molecule has 98 valence electrons. The smallest absolute Gasteiger partial charge is 0.196 e. The summed E-state index contributed by atoms with van der Waals surface area (Å²) in [6.07, 6.45) is 0.904. The van der Waals surface area contributed by atoms with Crippen LogP contribution in [0.25, 0.3) is 0 Å². The van der Waals surface area contributed by atoms with Gasteiger partial charge >= 0.3 is 0 Å². The third-order valence-electron chi connectivity index (χ3n) is 3.46. The highest BCUT2D eigenvalue weighted by atomic mass is 16.5. The lowest BCUT2D eigenvalue weighted by molar-refractivity contribution is 0.175. The van der Waals surface area contributed by atoms with E-state index in [1.807, 2.05) is 6.07 Å². The summed E-state index contributed by atoms with van der Waals surface area (Å²) in [5.41, 5.74) is 8.28. The molecule has 0 aromatic heterocycles. The number of ether oxygens (including phenoxy) is 1. The fraction of sp³-hybridized carbons (Fsp3) is 0.500. The topological polar surface area (TPSA) is 50.9 Å². The summed E-state index contributed by atoms with van der Waals surface area (Å²) >= 11 is 0. The van der Waals surface area contributed by atoms with Gasteiger partial charge in [0.05, 0.1) is 12.1 Å². The first-order valence-electron chi connectivity index (χ1n) is 6.22. The second-order valence-electron chi connectivity index (χ2n) is 5.09. The van der Waals surface area contributed by atoms with Gasteiger partial charge in [0, 0.05) is 19.4 Å². The first kappa shape index (κ1) is 12.9. The largest absolute Gasteiger partial charge is 0.385 e. The molecule has 2 rings (SSSR count). The van der Waals surface area contributed by atoms with Crippen molar-refractivity contribution < 1.29 is 4.74 Å². The maximum atomic E-state index is 6.04. The second-order valence-corrected chi connectivity index (χ2v) is 5.09. The Morgan fingerprint density at radius 3 is 2.94 bits per heavy atom. The van der Waals surface area contributed by atoms with Crippen LogP contribution in [0.15, 0.2) is 29.3 Å². The molecule has 0 saturated heterocycles. The maximum absolute atomic E-state index is 6.04. The van der Waals surface area contributed by atoms with E-state index in [1.165, 1.54) is 5.56 Å². The number of hydrogen-bond donors (Lipinski definition) is 1. The molecule has 4 heteroatoms. The lowest BCUT2D eigenvalue weighted by atomic mass is 9.96. The van der Waals surface area contributed by atoms with Crippen molar-refractivity contribution in [2.45, 2.75) is 25.8 Å². The number of anilines is 1. The Labute approximate surface area is 108 Å². The third-order valence-corrected chi connectivity index (χ3v) is 3.46. The van der Waals surface area contributed by atoms with Gasteiger partial charge in [-0.15, -0.1) is 0 Å². The number of nitrogens with two attached hydrogens (primary N) is 1.